The maximum atomic E-state index is 11.0. The summed E-state index contributed by atoms with van der Waals surface area (Å²) in [5.74, 6) is 2.81. The fourth-order valence-corrected chi connectivity index (χ4v) is 3.12. The summed E-state index contributed by atoms with van der Waals surface area (Å²) in [6, 6.07) is 0. The van der Waals surface area contributed by atoms with E-state index < -0.39 is 0 Å². The summed E-state index contributed by atoms with van der Waals surface area (Å²) < 4.78 is 0. The maximum Gasteiger partial charge on any atom is 0.230 e. The first kappa shape index (κ1) is 9.50. The van der Waals surface area contributed by atoms with Gasteiger partial charge in [-0.15, -0.1) is 0 Å². The second kappa shape index (κ2) is 3.99. The van der Waals surface area contributed by atoms with Gasteiger partial charge in [0.15, 0.2) is 0 Å². The third-order valence-corrected chi connectivity index (χ3v) is 4.08. The molecule has 2 nitrogen and oxygen atoms in total. The Bertz CT molecular complexity index is 207. The number of nitrogens with one attached hydrogen (secondary N) is 1. The van der Waals surface area contributed by atoms with E-state index in [4.69, 9.17) is 0 Å². The van der Waals surface area contributed by atoms with Crippen LogP contribution >= 0.6 is 15.9 Å². The lowest BCUT2D eigenvalue weighted by molar-refractivity contribution is -0.118. The number of carbonyl (C=O) groups is 1. The van der Waals surface area contributed by atoms with Crippen LogP contribution in [0, 0.1) is 17.8 Å². The minimum atomic E-state index is 0.128. The molecule has 0 spiro atoms. The van der Waals surface area contributed by atoms with Crippen molar-refractivity contribution < 1.29 is 4.79 Å². The predicted molar refractivity (Wildman–Crippen MR) is 55.7 cm³/mol. The molecule has 2 fully saturated rings. The topological polar surface area (TPSA) is 29.1 Å². The van der Waals surface area contributed by atoms with E-state index in [0.29, 0.717) is 5.33 Å². The van der Waals surface area contributed by atoms with Crippen LogP contribution < -0.4 is 5.32 Å². The van der Waals surface area contributed by atoms with Crippen LogP contribution in [0.2, 0.25) is 0 Å². The highest BCUT2D eigenvalue weighted by Crippen LogP contribution is 2.47. The summed E-state index contributed by atoms with van der Waals surface area (Å²) >= 11 is 3.15. The molecule has 1 amide bonds. The monoisotopic (exact) mass is 245 g/mol. The van der Waals surface area contributed by atoms with Gasteiger partial charge in [-0.3, -0.25) is 4.79 Å². The summed E-state index contributed by atoms with van der Waals surface area (Å²) in [6.07, 6.45) is 5.62. The van der Waals surface area contributed by atoms with Crippen molar-refractivity contribution in [2.75, 3.05) is 11.9 Å². The molecule has 0 aliphatic heterocycles. The van der Waals surface area contributed by atoms with Crippen LogP contribution in [0.3, 0.4) is 0 Å². The molecule has 2 aliphatic rings. The Kier molecular flexibility index (Phi) is 2.92. The molecule has 2 bridgehead atoms. The molecule has 13 heavy (non-hydrogen) atoms. The van der Waals surface area contributed by atoms with E-state index in [-0.39, 0.29) is 5.91 Å². The average Bonchev–Trinajstić information content (AvgIpc) is 2.74. The number of hydrogen-bond acceptors (Lipinski definition) is 1. The third kappa shape index (κ3) is 2.06. The van der Waals surface area contributed by atoms with E-state index in [1.807, 2.05) is 0 Å². The lowest BCUT2D eigenvalue weighted by atomic mass is 9.89. The largest absolute Gasteiger partial charge is 0.355 e. The molecule has 2 aliphatic carbocycles. The fraction of sp³-hybridized carbons (Fsp3) is 0.900. The molecular weight excluding hydrogens is 230 g/mol. The van der Waals surface area contributed by atoms with Gasteiger partial charge < -0.3 is 5.32 Å². The molecule has 0 aromatic heterocycles. The van der Waals surface area contributed by atoms with Gasteiger partial charge in [0, 0.05) is 6.54 Å². The lowest BCUT2D eigenvalue weighted by Crippen LogP contribution is -2.32. The van der Waals surface area contributed by atoms with Crippen LogP contribution in [0.5, 0.6) is 0 Å². The van der Waals surface area contributed by atoms with Crippen LogP contribution in [0.25, 0.3) is 0 Å². The minimum Gasteiger partial charge on any atom is -0.355 e. The van der Waals surface area contributed by atoms with Crippen LogP contribution in [-0.4, -0.2) is 17.8 Å². The van der Waals surface area contributed by atoms with Crippen LogP contribution in [0.1, 0.15) is 25.7 Å². The van der Waals surface area contributed by atoms with Crippen molar-refractivity contribution in [1.29, 1.82) is 0 Å². The predicted octanol–water partition coefficient (Wildman–Crippen LogP) is 1.93. The Morgan fingerprint density at radius 3 is 2.77 bits per heavy atom. The zero-order valence-electron chi connectivity index (χ0n) is 7.76. The number of halogens is 1. The number of amides is 1. The number of carbonyl (C=O) groups excluding carboxylic acids is 1. The number of rotatable bonds is 3. The van der Waals surface area contributed by atoms with E-state index in [1.54, 1.807) is 0 Å². The zero-order chi connectivity index (χ0) is 9.26. The van der Waals surface area contributed by atoms with Gasteiger partial charge in [-0.05, 0) is 37.0 Å². The van der Waals surface area contributed by atoms with Crippen LogP contribution in [-0.2, 0) is 4.79 Å². The number of fused-ring (bicyclic) bond motifs is 2. The molecule has 2 saturated carbocycles. The normalized spacial score (nSPS) is 36.5. The van der Waals surface area contributed by atoms with Crippen molar-refractivity contribution in [3.05, 3.63) is 0 Å². The van der Waals surface area contributed by atoms with Crippen molar-refractivity contribution in [3.8, 4) is 0 Å². The fourth-order valence-electron chi connectivity index (χ4n) is 2.92. The van der Waals surface area contributed by atoms with Gasteiger partial charge in [0.2, 0.25) is 5.91 Å². The Hall–Kier alpha value is -0.0500. The summed E-state index contributed by atoms with van der Waals surface area (Å²) in [5, 5.41) is 3.41. The Morgan fingerprint density at radius 1 is 1.38 bits per heavy atom. The summed E-state index contributed by atoms with van der Waals surface area (Å²) in [5.41, 5.74) is 0. The van der Waals surface area contributed by atoms with Crippen molar-refractivity contribution in [3.63, 3.8) is 0 Å². The highest BCUT2D eigenvalue weighted by molar-refractivity contribution is 9.09. The van der Waals surface area contributed by atoms with E-state index in [9.17, 15) is 4.79 Å². The molecule has 0 aromatic rings. The molecule has 3 heteroatoms. The molecule has 74 valence electrons. The molecular formula is C10H16BrNO. The van der Waals surface area contributed by atoms with Gasteiger partial charge in [-0.25, -0.2) is 0 Å². The lowest BCUT2D eigenvalue weighted by Gasteiger charge is -2.21. The second-order valence-corrected chi connectivity index (χ2v) is 4.93. The quantitative estimate of drug-likeness (QED) is 0.757. The smallest absolute Gasteiger partial charge is 0.230 e. The van der Waals surface area contributed by atoms with E-state index in [1.165, 1.54) is 25.7 Å². The van der Waals surface area contributed by atoms with E-state index >= 15 is 0 Å². The SMILES string of the molecule is O=C(CBr)NCC1CC2CCC1C2. The minimum absolute atomic E-state index is 0.128. The summed E-state index contributed by atoms with van der Waals surface area (Å²) in [7, 11) is 0. The van der Waals surface area contributed by atoms with Gasteiger partial charge in [-0.2, -0.15) is 0 Å². The van der Waals surface area contributed by atoms with Gasteiger partial charge in [0.1, 0.15) is 0 Å². The molecule has 2 rings (SSSR count). The molecule has 3 unspecified atom stereocenters. The van der Waals surface area contributed by atoms with Crippen molar-refractivity contribution in [1.82, 2.24) is 5.32 Å². The number of alkyl halides is 1. The summed E-state index contributed by atoms with van der Waals surface area (Å²) in [4.78, 5) is 11.0. The zero-order valence-corrected chi connectivity index (χ0v) is 9.35. The van der Waals surface area contributed by atoms with Crippen LogP contribution in [0.15, 0.2) is 0 Å². The first-order chi connectivity index (χ1) is 6.29. The first-order valence-electron chi connectivity index (χ1n) is 5.12. The first-order valence-corrected chi connectivity index (χ1v) is 6.24. The summed E-state index contributed by atoms with van der Waals surface area (Å²) in [6.45, 7) is 0.908. The molecule has 0 saturated heterocycles. The Balaban J connectivity index is 1.74. The highest BCUT2D eigenvalue weighted by atomic mass is 79.9. The maximum absolute atomic E-state index is 11.0. The van der Waals surface area contributed by atoms with Crippen molar-refractivity contribution >= 4 is 21.8 Å². The molecule has 1 N–H and O–H groups in total. The van der Waals surface area contributed by atoms with Gasteiger partial charge in [0.25, 0.3) is 0 Å². The van der Waals surface area contributed by atoms with E-state index in [2.05, 4.69) is 21.2 Å². The Labute approximate surface area is 87.6 Å². The molecule has 0 heterocycles. The van der Waals surface area contributed by atoms with Crippen molar-refractivity contribution in [2.24, 2.45) is 17.8 Å². The second-order valence-electron chi connectivity index (χ2n) is 4.37. The number of hydrogen-bond donors (Lipinski definition) is 1. The standard InChI is InChI=1S/C10H16BrNO/c11-5-10(13)12-6-9-4-7-1-2-8(9)3-7/h7-9H,1-6H2,(H,12,13). The molecule has 0 aromatic carbocycles. The van der Waals surface area contributed by atoms with Crippen molar-refractivity contribution in [2.45, 2.75) is 25.7 Å². The third-order valence-electron chi connectivity index (χ3n) is 3.57. The van der Waals surface area contributed by atoms with Gasteiger partial charge in [-0.1, -0.05) is 22.4 Å². The highest BCUT2D eigenvalue weighted by Gasteiger charge is 2.39. The Morgan fingerprint density at radius 2 is 2.23 bits per heavy atom. The molecule has 3 atom stereocenters. The van der Waals surface area contributed by atoms with E-state index in [0.717, 1.165) is 24.3 Å². The molecule has 0 radical (unpaired) electrons. The van der Waals surface area contributed by atoms with Gasteiger partial charge >= 0.3 is 0 Å². The average molecular weight is 246 g/mol. The van der Waals surface area contributed by atoms with Gasteiger partial charge in [0.05, 0.1) is 5.33 Å². The van der Waals surface area contributed by atoms with Crippen LogP contribution in [0.4, 0.5) is 0 Å².